The van der Waals surface area contributed by atoms with Gasteiger partial charge in [0.05, 0.1) is 12.3 Å². The fourth-order valence-corrected chi connectivity index (χ4v) is 3.30. The average molecular weight is 461 g/mol. The molecule has 2 aromatic carbocycles. The molecule has 0 atom stereocenters. The van der Waals surface area contributed by atoms with Gasteiger partial charge in [-0.3, -0.25) is 9.59 Å². The van der Waals surface area contributed by atoms with Crippen molar-refractivity contribution in [2.45, 2.75) is 20.1 Å². The minimum Gasteiger partial charge on any atom is -0.494 e. The van der Waals surface area contributed by atoms with Crippen LogP contribution in [-0.4, -0.2) is 30.0 Å². The number of nitrogens with one attached hydrogen (secondary N) is 1. The maximum atomic E-state index is 12.1. The number of benzene rings is 2. The standard InChI is InChI=1S/C22H21ClN2O5S/c1-2-28-18-7-3-15(4-8-18)22(27)24-11-21(26)30-12-17-14-31-20(25-17)13-29-19-9-5-16(23)6-10-19/h3-10,14H,2,11-13H2,1H3,(H,24,27). The van der Waals surface area contributed by atoms with Crippen molar-refractivity contribution in [1.29, 1.82) is 0 Å². The summed E-state index contributed by atoms with van der Waals surface area (Å²) in [5.41, 5.74) is 1.05. The largest absolute Gasteiger partial charge is 0.494 e. The Balaban J connectivity index is 1.38. The molecule has 3 aromatic rings. The molecule has 0 aliphatic heterocycles. The Morgan fingerprint density at radius 3 is 2.39 bits per heavy atom. The zero-order valence-electron chi connectivity index (χ0n) is 16.8. The lowest BCUT2D eigenvalue weighted by Crippen LogP contribution is -2.30. The van der Waals surface area contributed by atoms with Crippen molar-refractivity contribution in [3.05, 3.63) is 75.2 Å². The van der Waals surface area contributed by atoms with Crippen molar-refractivity contribution in [3.8, 4) is 11.5 Å². The lowest BCUT2D eigenvalue weighted by atomic mass is 10.2. The Bertz CT molecular complexity index is 1010. The van der Waals surface area contributed by atoms with E-state index in [1.54, 1.807) is 53.9 Å². The molecule has 3 rings (SSSR count). The lowest BCUT2D eigenvalue weighted by Gasteiger charge is -2.07. The topological polar surface area (TPSA) is 86.8 Å². The van der Waals surface area contributed by atoms with E-state index in [-0.39, 0.29) is 19.1 Å². The van der Waals surface area contributed by atoms with Gasteiger partial charge in [0, 0.05) is 16.0 Å². The van der Waals surface area contributed by atoms with Crippen LogP contribution in [0.2, 0.25) is 5.02 Å². The zero-order chi connectivity index (χ0) is 22.1. The summed E-state index contributed by atoms with van der Waals surface area (Å²) in [6.45, 7) is 2.53. The van der Waals surface area contributed by atoms with E-state index in [1.165, 1.54) is 11.3 Å². The minimum absolute atomic E-state index is 0.0230. The van der Waals surface area contributed by atoms with Crippen LogP contribution in [0.1, 0.15) is 28.0 Å². The van der Waals surface area contributed by atoms with Crippen molar-refractivity contribution >= 4 is 34.8 Å². The zero-order valence-corrected chi connectivity index (χ0v) is 18.4. The Hall–Kier alpha value is -3.10. The number of halogens is 1. The first-order chi connectivity index (χ1) is 15.0. The van der Waals surface area contributed by atoms with Crippen molar-refractivity contribution < 1.29 is 23.8 Å². The highest BCUT2D eigenvalue weighted by Gasteiger charge is 2.11. The average Bonchev–Trinajstić information content (AvgIpc) is 3.24. The van der Waals surface area contributed by atoms with Gasteiger partial charge in [-0.25, -0.2) is 4.98 Å². The smallest absolute Gasteiger partial charge is 0.325 e. The summed E-state index contributed by atoms with van der Waals surface area (Å²) in [4.78, 5) is 28.4. The van der Waals surface area contributed by atoms with Gasteiger partial charge < -0.3 is 19.5 Å². The number of hydrogen-bond acceptors (Lipinski definition) is 7. The quantitative estimate of drug-likeness (QED) is 0.455. The number of carbonyl (C=O) groups excluding carboxylic acids is 2. The number of amides is 1. The van der Waals surface area contributed by atoms with Gasteiger partial charge >= 0.3 is 5.97 Å². The van der Waals surface area contributed by atoms with E-state index in [4.69, 9.17) is 25.8 Å². The maximum Gasteiger partial charge on any atom is 0.325 e. The molecule has 0 saturated heterocycles. The fourth-order valence-electron chi connectivity index (χ4n) is 2.49. The van der Waals surface area contributed by atoms with Crippen LogP contribution in [0, 0.1) is 0 Å². The monoisotopic (exact) mass is 460 g/mol. The summed E-state index contributed by atoms with van der Waals surface area (Å²) in [6.07, 6.45) is 0. The molecule has 0 aliphatic rings. The molecule has 0 radical (unpaired) electrons. The van der Waals surface area contributed by atoms with E-state index in [0.29, 0.717) is 41.0 Å². The van der Waals surface area contributed by atoms with Crippen molar-refractivity contribution in [2.75, 3.05) is 13.2 Å². The highest BCUT2D eigenvalue weighted by Crippen LogP contribution is 2.18. The van der Waals surface area contributed by atoms with Gasteiger partial charge in [0.1, 0.15) is 36.3 Å². The molecular formula is C22H21ClN2O5S. The van der Waals surface area contributed by atoms with Crippen LogP contribution < -0.4 is 14.8 Å². The third kappa shape index (κ3) is 7.27. The third-order valence-electron chi connectivity index (χ3n) is 3.98. The molecule has 1 amide bonds. The van der Waals surface area contributed by atoms with Gasteiger partial charge in [0.2, 0.25) is 0 Å². The number of carbonyl (C=O) groups is 2. The minimum atomic E-state index is -0.550. The van der Waals surface area contributed by atoms with E-state index in [2.05, 4.69) is 10.3 Å². The Labute approximate surface area is 188 Å². The molecule has 7 nitrogen and oxygen atoms in total. The van der Waals surface area contributed by atoms with Gasteiger partial charge in [-0.05, 0) is 55.5 Å². The number of esters is 1. The number of thiazole rings is 1. The molecule has 9 heteroatoms. The predicted octanol–water partition coefficient (Wildman–Crippen LogP) is 4.25. The molecule has 31 heavy (non-hydrogen) atoms. The van der Waals surface area contributed by atoms with Crippen molar-refractivity contribution in [1.82, 2.24) is 10.3 Å². The molecule has 0 fully saturated rings. The number of nitrogens with zero attached hydrogens (tertiary/aromatic N) is 1. The van der Waals surface area contributed by atoms with E-state index >= 15 is 0 Å². The van der Waals surface area contributed by atoms with Gasteiger partial charge in [0.15, 0.2) is 0 Å². The van der Waals surface area contributed by atoms with Crippen molar-refractivity contribution in [3.63, 3.8) is 0 Å². The molecule has 162 valence electrons. The van der Waals surface area contributed by atoms with E-state index in [9.17, 15) is 9.59 Å². The van der Waals surface area contributed by atoms with Gasteiger partial charge in [-0.1, -0.05) is 11.6 Å². The molecule has 0 bridgehead atoms. The Kier molecular flexibility index (Phi) is 8.26. The summed E-state index contributed by atoms with van der Waals surface area (Å²) in [7, 11) is 0. The summed E-state index contributed by atoms with van der Waals surface area (Å²) < 4.78 is 16.1. The molecule has 0 saturated carbocycles. The highest BCUT2D eigenvalue weighted by molar-refractivity contribution is 7.09. The van der Waals surface area contributed by atoms with E-state index in [1.807, 2.05) is 6.92 Å². The summed E-state index contributed by atoms with van der Waals surface area (Å²) >= 11 is 7.25. The van der Waals surface area contributed by atoms with Crippen LogP contribution >= 0.6 is 22.9 Å². The third-order valence-corrected chi connectivity index (χ3v) is 5.10. The first-order valence-electron chi connectivity index (χ1n) is 9.52. The van der Waals surface area contributed by atoms with Crippen LogP contribution in [-0.2, 0) is 22.7 Å². The molecule has 0 spiro atoms. The number of rotatable bonds is 10. The van der Waals surface area contributed by atoms with Crippen LogP contribution in [0.15, 0.2) is 53.9 Å². The molecule has 1 N–H and O–H groups in total. The molecule has 1 heterocycles. The molecular weight excluding hydrogens is 440 g/mol. The van der Waals surface area contributed by atoms with Crippen molar-refractivity contribution in [2.24, 2.45) is 0 Å². The molecule has 0 unspecified atom stereocenters. The predicted molar refractivity (Wildman–Crippen MR) is 118 cm³/mol. The summed E-state index contributed by atoms with van der Waals surface area (Å²) in [5.74, 6) is 0.456. The first-order valence-corrected chi connectivity index (χ1v) is 10.8. The highest BCUT2D eigenvalue weighted by atomic mass is 35.5. The van der Waals surface area contributed by atoms with E-state index in [0.717, 1.165) is 5.01 Å². The summed E-state index contributed by atoms with van der Waals surface area (Å²) in [6, 6.07) is 13.7. The molecule has 0 aliphatic carbocycles. The van der Waals surface area contributed by atoms with Gasteiger partial charge in [0.25, 0.3) is 5.91 Å². The fraction of sp³-hybridized carbons (Fsp3) is 0.227. The van der Waals surface area contributed by atoms with E-state index < -0.39 is 5.97 Å². The number of hydrogen-bond donors (Lipinski definition) is 1. The maximum absolute atomic E-state index is 12.1. The Morgan fingerprint density at radius 1 is 1.00 bits per heavy atom. The number of ether oxygens (including phenoxy) is 3. The number of aromatic nitrogens is 1. The first kappa shape index (κ1) is 22.6. The van der Waals surface area contributed by atoms with Crippen LogP contribution in [0.5, 0.6) is 11.5 Å². The SMILES string of the molecule is CCOc1ccc(C(=O)NCC(=O)OCc2csc(COc3ccc(Cl)cc3)n2)cc1. The van der Waals surface area contributed by atoms with Crippen LogP contribution in [0.4, 0.5) is 0 Å². The second-order valence-corrected chi connectivity index (χ2v) is 7.66. The van der Waals surface area contributed by atoms with Gasteiger partial charge in [-0.2, -0.15) is 0 Å². The summed E-state index contributed by atoms with van der Waals surface area (Å²) in [5, 5.41) is 5.73. The lowest BCUT2D eigenvalue weighted by molar-refractivity contribution is -0.143. The van der Waals surface area contributed by atoms with Gasteiger partial charge in [-0.15, -0.1) is 11.3 Å². The van der Waals surface area contributed by atoms with Crippen LogP contribution in [0.3, 0.4) is 0 Å². The molecule has 1 aromatic heterocycles. The normalized spacial score (nSPS) is 10.4. The Morgan fingerprint density at radius 2 is 1.68 bits per heavy atom. The second-order valence-electron chi connectivity index (χ2n) is 6.28. The second kappa shape index (κ2) is 11.3. The van der Waals surface area contributed by atoms with Crippen LogP contribution in [0.25, 0.3) is 0 Å².